The number of hydrogen-bond acceptors (Lipinski definition) is 6. The third-order valence-electron chi connectivity index (χ3n) is 3.03. The van der Waals surface area contributed by atoms with E-state index in [0.29, 0.717) is 18.0 Å². The molecule has 2 rings (SSSR count). The summed E-state index contributed by atoms with van der Waals surface area (Å²) in [7, 11) is 3.21. The normalized spacial score (nSPS) is 11.9. The zero-order chi connectivity index (χ0) is 14.4. The number of nitrogens with one attached hydrogen (secondary N) is 1. The van der Waals surface area contributed by atoms with Crippen molar-refractivity contribution in [3.63, 3.8) is 0 Å². The first-order valence-electron chi connectivity index (χ1n) is 6.23. The van der Waals surface area contributed by atoms with Crippen LogP contribution in [0.3, 0.4) is 0 Å². The molecule has 2 aromatic rings. The van der Waals surface area contributed by atoms with E-state index in [2.05, 4.69) is 15.4 Å². The molecule has 6 nitrogen and oxygen atoms in total. The van der Waals surface area contributed by atoms with Gasteiger partial charge in [-0.3, -0.25) is 16.3 Å². The van der Waals surface area contributed by atoms with Crippen molar-refractivity contribution in [1.29, 1.82) is 0 Å². The minimum atomic E-state index is -0.213. The van der Waals surface area contributed by atoms with Crippen molar-refractivity contribution >= 4 is 0 Å². The second kappa shape index (κ2) is 6.83. The van der Waals surface area contributed by atoms with Crippen LogP contribution in [0.4, 0.5) is 0 Å². The molecule has 20 heavy (non-hydrogen) atoms. The van der Waals surface area contributed by atoms with Gasteiger partial charge >= 0.3 is 0 Å². The molecule has 0 bridgehead atoms. The van der Waals surface area contributed by atoms with E-state index in [4.69, 9.17) is 15.3 Å². The van der Waals surface area contributed by atoms with E-state index in [9.17, 15) is 0 Å². The summed E-state index contributed by atoms with van der Waals surface area (Å²) in [6.07, 6.45) is 3.82. The molecule has 1 unspecified atom stereocenters. The molecular formula is C14H18N4O2. The van der Waals surface area contributed by atoms with Crippen LogP contribution in [0, 0.1) is 0 Å². The molecule has 6 heteroatoms. The zero-order valence-corrected chi connectivity index (χ0v) is 11.5. The fraction of sp³-hybridized carbons (Fsp3) is 0.286. The number of hydrogen-bond donors (Lipinski definition) is 2. The number of hydrazine groups is 1. The van der Waals surface area contributed by atoms with Crippen LogP contribution in [0.25, 0.3) is 0 Å². The van der Waals surface area contributed by atoms with Crippen LogP contribution >= 0.6 is 0 Å². The number of ether oxygens (including phenoxy) is 2. The first kappa shape index (κ1) is 14.2. The van der Waals surface area contributed by atoms with Gasteiger partial charge in [-0.25, -0.2) is 4.98 Å². The van der Waals surface area contributed by atoms with Crippen molar-refractivity contribution in [2.45, 2.75) is 12.5 Å². The van der Waals surface area contributed by atoms with E-state index < -0.39 is 0 Å². The van der Waals surface area contributed by atoms with Gasteiger partial charge in [-0.05, 0) is 18.1 Å². The predicted molar refractivity (Wildman–Crippen MR) is 75.3 cm³/mol. The minimum absolute atomic E-state index is 0.213. The second-order valence-electron chi connectivity index (χ2n) is 4.19. The Hall–Kier alpha value is -2.18. The summed E-state index contributed by atoms with van der Waals surface area (Å²) in [4.78, 5) is 8.44. The highest BCUT2D eigenvalue weighted by molar-refractivity contribution is 5.35. The highest BCUT2D eigenvalue weighted by atomic mass is 16.5. The van der Waals surface area contributed by atoms with Crippen LogP contribution < -0.4 is 20.7 Å². The quantitative estimate of drug-likeness (QED) is 0.609. The number of benzene rings is 1. The van der Waals surface area contributed by atoms with Crippen LogP contribution in [0.2, 0.25) is 0 Å². The van der Waals surface area contributed by atoms with Crippen LogP contribution in [-0.4, -0.2) is 24.2 Å². The highest BCUT2D eigenvalue weighted by Crippen LogP contribution is 2.26. The van der Waals surface area contributed by atoms with E-state index >= 15 is 0 Å². The maximum Gasteiger partial charge on any atom is 0.237 e. The summed E-state index contributed by atoms with van der Waals surface area (Å²) in [5.74, 6) is 6.93. The second-order valence-corrected chi connectivity index (χ2v) is 4.19. The fourth-order valence-electron chi connectivity index (χ4n) is 2.06. The Morgan fingerprint density at radius 2 is 1.90 bits per heavy atom. The number of aromatic nitrogens is 2. The molecule has 1 heterocycles. The molecule has 1 atom stereocenters. The molecule has 0 aliphatic heterocycles. The molecule has 3 N–H and O–H groups in total. The standard InChI is InChI=1S/C14H18N4O2/c1-19-12-6-4-3-5-10(12)9-11(18-15)13-14(20-2)17-8-7-16-13/h3-8,11,18H,9,15H2,1-2H3. The smallest absolute Gasteiger partial charge is 0.237 e. The maximum absolute atomic E-state index is 5.65. The molecule has 0 spiro atoms. The molecule has 0 fully saturated rings. The molecule has 1 aromatic carbocycles. The molecule has 1 aromatic heterocycles. The highest BCUT2D eigenvalue weighted by Gasteiger charge is 2.19. The number of nitrogens with zero attached hydrogens (tertiary/aromatic N) is 2. The van der Waals surface area contributed by atoms with Gasteiger partial charge in [0.05, 0.1) is 20.3 Å². The maximum atomic E-state index is 5.65. The molecule has 0 amide bonds. The third kappa shape index (κ3) is 3.04. The average Bonchev–Trinajstić information content (AvgIpc) is 2.53. The summed E-state index contributed by atoms with van der Waals surface area (Å²) >= 11 is 0. The fourth-order valence-corrected chi connectivity index (χ4v) is 2.06. The largest absolute Gasteiger partial charge is 0.496 e. The van der Waals surface area contributed by atoms with Crippen LogP contribution in [-0.2, 0) is 6.42 Å². The summed E-state index contributed by atoms with van der Waals surface area (Å²) < 4.78 is 10.6. The molecule has 0 saturated carbocycles. The van der Waals surface area contributed by atoms with Gasteiger partial charge in [-0.15, -0.1) is 0 Å². The molecule has 0 saturated heterocycles. The Kier molecular flexibility index (Phi) is 4.86. The Morgan fingerprint density at radius 1 is 1.15 bits per heavy atom. The number of rotatable bonds is 6. The van der Waals surface area contributed by atoms with Gasteiger partial charge in [0.2, 0.25) is 5.88 Å². The van der Waals surface area contributed by atoms with Crippen molar-refractivity contribution in [2.24, 2.45) is 5.84 Å². The van der Waals surface area contributed by atoms with Gasteiger partial charge in [0.1, 0.15) is 11.4 Å². The molecule has 0 aliphatic rings. The Balaban J connectivity index is 2.29. The lowest BCUT2D eigenvalue weighted by atomic mass is 10.0. The van der Waals surface area contributed by atoms with Crippen molar-refractivity contribution in [3.05, 3.63) is 47.9 Å². The van der Waals surface area contributed by atoms with Crippen molar-refractivity contribution in [1.82, 2.24) is 15.4 Å². The van der Waals surface area contributed by atoms with E-state index in [-0.39, 0.29) is 6.04 Å². The zero-order valence-electron chi connectivity index (χ0n) is 11.5. The summed E-state index contributed by atoms with van der Waals surface area (Å²) in [5.41, 5.74) is 4.46. The van der Waals surface area contributed by atoms with Crippen LogP contribution in [0.1, 0.15) is 17.3 Å². The van der Waals surface area contributed by atoms with E-state index in [1.165, 1.54) is 0 Å². The lowest BCUT2D eigenvalue weighted by Crippen LogP contribution is -2.30. The van der Waals surface area contributed by atoms with Gasteiger partial charge in [-0.2, -0.15) is 0 Å². The molecule has 0 radical (unpaired) electrons. The summed E-state index contributed by atoms with van der Waals surface area (Å²) in [6, 6.07) is 7.58. The van der Waals surface area contributed by atoms with Crippen LogP contribution in [0.15, 0.2) is 36.7 Å². The topological polar surface area (TPSA) is 82.3 Å². The molecule has 106 valence electrons. The van der Waals surface area contributed by atoms with Gasteiger partial charge in [0.15, 0.2) is 0 Å². The predicted octanol–water partition coefficient (Wildman–Crippen LogP) is 1.24. The Labute approximate surface area is 117 Å². The van der Waals surface area contributed by atoms with Crippen molar-refractivity contribution in [3.8, 4) is 11.6 Å². The van der Waals surface area contributed by atoms with E-state index in [0.717, 1.165) is 11.3 Å². The van der Waals surface area contributed by atoms with Gasteiger partial charge < -0.3 is 9.47 Å². The van der Waals surface area contributed by atoms with Gasteiger partial charge in [0, 0.05) is 12.4 Å². The van der Waals surface area contributed by atoms with Gasteiger partial charge in [0.25, 0.3) is 0 Å². The lowest BCUT2D eigenvalue weighted by molar-refractivity contribution is 0.374. The van der Waals surface area contributed by atoms with Crippen molar-refractivity contribution in [2.75, 3.05) is 14.2 Å². The first-order valence-corrected chi connectivity index (χ1v) is 6.23. The van der Waals surface area contributed by atoms with Crippen molar-refractivity contribution < 1.29 is 9.47 Å². The average molecular weight is 274 g/mol. The number of methoxy groups -OCH3 is 2. The lowest BCUT2D eigenvalue weighted by Gasteiger charge is -2.18. The Morgan fingerprint density at radius 3 is 2.60 bits per heavy atom. The van der Waals surface area contributed by atoms with E-state index in [1.54, 1.807) is 26.6 Å². The number of para-hydroxylation sites is 1. The van der Waals surface area contributed by atoms with Crippen LogP contribution in [0.5, 0.6) is 11.6 Å². The minimum Gasteiger partial charge on any atom is -0.496 e. The SMILES string of the molecule is COc1ccccc1CC(NN)c1nccnc1OC. The molecule has 0 aliphatic carbocycles. The van der Waals surface area contributed by atoms with E-state index in [1.807, 2.05) is 24.3 Å². The summed E-state index contributed by atoms with van der Waals surface area (Å²) in [5, 5.41) is 0. The monoisotopic (exact) mass is 274 g/mol. The molecular weight excluding hydrogens is 256 g/mol. The third-order valence-corrected chi connectivity index (χ3v) is 3.03. The Bertz CT molecular complexity index is 562. The number of nitrogens with two attached hydrogens (primary N) is 1. The van der Waals surface area contributed by atoms with Gasteiger partial charge in [-0.1, -0.05) is 18.2 Å². The first-order chi connectivity index (χ1) is 9.80. The summed E-state index contributed by atoms with van der Waals surface area (Å²) in [6.45, 7) is 0.